The van der Waals surface area contributed by atoms with Gasteiger partial charge in [0.2, 0.25) is 0 Å². The Balaban J connectivity index is 0.00000176. The summed E-state index contributed by atoms with van der Waals surface area (Å²) in [5.74, 6) is 1.56. The van der Waals surface area contributed by atoms with E-state index in [0.29, 0.717) is 0 Å². The maximum Gasteiger partial charge on any atom is 0.153 e. The molecule has 5 heteroatoms. The summed E-state index contributed by atoms with van der Waals surface area (Å²) in [5.41, 5.74) is 10.1. The van der Waals surface area contributed by atoms with Gasteiger partial charge < -0.3 is 15.4 Å². The van der Waals surface area contributed by atoms with Crippen LogP contribution in [0.2, 0.25) is 0 Å². The van der Waals surface area contributed by atoms with Gasteiger partial charge >= 0.3 is 0 Å². The van der Waals surface area contributed by atoms with Crippen LogP contribution in [0.3, 0.4) is 0 Å². The first-order valence-electron chi connectivity index (χ1n) is 7.44. The van der Waals surface area contributed by atoms with E-state index in [-0.39, 0.29) is 18.4 Å². The molecule has 0 amide bonds. The molecule has 1 heterocycles. The van der Waals surface area contributed by atoms with Gasteiger partial charge in [-0.15, -0.1) is 12.4 Å². The van der Waals surface area contributed by atoms with E-state index in [2.05, 4.69) is 31.7 Å². The smallest absolute Gasteiger partial charge is 0.153 e. The number of hydrogen-bond donors (Lipinski definition) is 1. The van der Waals surface area contributed by atoms with E-state index in [1.54, 1.807) is 0 Å². The summed E-state index contributed by atoms with van der Waals surface area (Å²) >= 11 is 0. The van der Waals surface area contributed by atoms with Gasteiger partial charge in [-0.3, -0.25) is 0 Å². The van der Waals surface area contributed by atoms with E-state index in [1.807, 2.05) is 24.3 Å². The zero-order valence-corrected chi connectivity index (χ0v) is 14.0. The third kappa shape index (κ3) is 2.89. The molecule has 2 N–H and O–H groups in total. The number of aliphatic imine (C=N–C) groups is 1. The van der Waals surface area contributed by atoms with Crippen LogP contribution in [0.15, 0.2) is 46.8 Å². The lowest BCUT2D eigenvalue weighted by molar-refractivity contribution is 0.387. The minimum atomic E-state index is -0.137. The second-order valence-electron chi connectivity index (χ2n) is 5.37. The van der Waals surface area contributed by atoms with Crippen molar-refractivity contribution in [1.29, 1.82) is 0 Å². The first-order chi connectivity index (χ1) is 10.1. The molecule has 1 aliphatic heterocycles. The fraction of sp³-hybridized carbons (Fsp3) is 0.353. The third-order valence-corrected chi connectivity index (χ3v) is 3.84. The zero-order valence-electron chi connectivity index (χ0n) is 13.2. The summed E-state index contributed by atoms with van der Waals surface area (Å²) in [6.45, 7) is 8.17. The summed E-state index contributed by atoms with van der Waals surface area (Å²) in [6.07, 6.45) is 3.98. The molecule has 1 aromatic carbocycles. The number of rotatable bonds is 3. The highest BCUT2D eigenvalue weighted by Crippen LogP contribution is 2.37. The van der Waals surface area contributed by atoms with Crippen molar-refractivity contribution in [2.45, 2.75) is 26.8 Å². The van der Waals surface area contributed by atoms with Crippen LogP contribution in [0.25, 0.3) is 0 Å². The van der Waals surface area contributed by atoms with Gasteiger partial charge in [0.1, 0.15) is 11.4 Å². The van der Waals surface area contributed by atoms with Gasteiger partial charge in [0.05, 0.1) is 5.70 Å². The summed E-state index contributed by atoms with van der Waals surface area (Å²) in [6, 6.07) is 5.91. The lowest BCUT2D eigenvalue weighted by Gasteiger charge is -2.32. The number of fused-ring (bicyclic) bond motifs is 2. The maximum atomic E-state index is 6.11. The number of hydrogen-bond acceptors (Lipinski definition) is 4. The molecule has 4 nitrogen and oxygen atoms in total. The van der Waals surface area contributed by atoms with Crippen LogP contribution < -0.4 is 10.5 Å². The van der Waals surface area contributed by atoms with E-state index >= 15 is 0 Å². The number of benzene rings is 1. The lowest BCUT2D eigenvalue weighted by atomic mass is 10.0. The Bertz CT molecular complexity index is 660. The Hall–Kier alpha value is -1.78. The predicted octanol–water partition coefficient (Wildman–Crippen LogP) is 3.33. The SMILES string of the molecule is CCN(CC)C1=CC(N)C=C2Oc3ccc(C)cc3N=C21.Cl. The Labute approximate surface area is 137 Å². The predicted molar refractivity (Wildman–Crippen MR) is 93.2 cm³/mol. The molecule has 0 spiro atoms. The molecular weight excluding hydrogens is 298 g/mol. The highest BCUT2D eigenvalue weighted by molar-refractivity contribution is 6.14. The van der Waals surface area contributed by atoms with Crippen LogP contribution in [-0.4, -0.2) is 29.7 Å². The van der Waals surface area contributed by atoms with Crippen LogP contribution in [0.4, 0.5) is 5.69 Å². The standard InChI is InChI=1S/C17H21N3O.ClH/c1-4-20(5-2)14-9-12(18)10-16-17(14)19-13-8-11(3)6-7-15(13)21-16;/h6-10,12H,4-5,18H2,1-3H3;1H. The molecule has 0 saturated carbocycles. The van der Waals surface area contributed by atoms with Gasteiger partial charge in [-0.25, -0.2) is 4.99 Å². The normalized spacial score (nSPS) is 18.7. The van der Waals surface area contributed by atoms with Gasteiger partial charge in [0.15, 0.2) is 11.5 Å². The van der Waals surface area contributed by atoms with Crippen LogP contribution in [0.1, 0.15) is 19.4 Å². The minimum Gasteiger partial charge on any atom is -0.453 e. The fourth-order valence-electron chi connectivity index (χ4n) is 2.74. The highest BCUT2D eigenvalue weighted by Gasteiger charge is 2.28. The molecule has 0 aromatic heterocycles. The number of nitrogens with zero attached hydrogens (tertiary/aromatic N) is 2. The Kier molecular flexibility index (Phi) is 4.94. The van der Waals surface area contributed by atoms with Gasteiger partial charge in [-0.1, -0.05) is 6.07 Å². The quantitative estimate of drug-likeness (QED) is 0.929. The first kappa shape index (κ1) is 16.6. The molecule has 1 aromatic rings. The van der Waals surface area contributed by atoms with Crippen LogP contribution >= 0.6 is 12.4 Å². The van der Waals surface area contributed by atoms with Crippen molar-refractivity contribution in [2.75, 3.05) is 13.1 Å². The van der Waals surface area contributed by atoms with Gasteiger partial charge in [-0.05, 0) is 50.6 Å². The lowest BCUT2D eigenvalue weighted by Crippen LogP contribution is -2.35. The van der Waals surface area contributed by atoms with E-state index in [0.717, 1.165) is 41.7 Å². The molecule has 0 bridgehead atoms. The Morgan fingerprint density at radius 1 is 1.23 bits per heavy atom. The maximum absolute atomic E-state index is 6.11. The van der Waals surface area contributed by atoms with Crippen molar-refractivity contribution in [3.8, 4) is 5.75 Å². The number of ether oxygens (including phenoxy) is 1. The van der Waals surface area contributed by atoms with E-state index in [9.17, 15) is 0 Å². The molecule has 118 valence electrons. The van der Waals surface area contributed by atoms with Crippen LogP contribution in [-0.2, 0) is 0 Å². The van der Waals surface area contributed by atoms with Gasteiger partial charge in [-0.2, -0.15) is 0 Å². The van der Waals surface area contributed by atoms with Crippen LogP contribution in [0.5, 0.6) is 5.75 Å². The molecule has 0 fully saturated rings. The summed E-state index contributed by atoms with van der Waals surface area (Å²) in [5, 5.41) is 0. The molecule has 1 aliphatic carbocycles. The van der Waals surface area contributed by atoms with Crippen molar-refractivity contribution < 1.29 is 4.74 Å². The number of aryl methyl sites for hydroxylation is 1. The Morgan fingerprint density at radius 3 is 2.64 bits per heavy atom. The number of nitrogens with two attached hydrogens (primary N) is 1. The molecule has 2 aliphatic rings. The van der Waals surface area contributed by atoms with Crippen molar-refractivity contribution in [1.82, 2.24) is 4.90 Å². The monoisotopic (exact) mass is 319 g/mol. The minimum absolute atomic E-state index is 0. The zero-order chi connectivity index (χ0) is 15.0. The molecule has 1 unspecified atom stereocenters. The van der Waals surface area contributed by atoms with E-state index in [1.165, 1.54) is 5.56 Å². The van der Waals surface area contributed by atoms with Gasteiger partial charge in [0.25, 0.3) is 0 Å². The molecule has 0 saturated heterocycles. The molecule has 3 rings (SSSR count). The molecule has 1 atom stereocenters. The van der Waals surface area contributed by atoms with Crippen molar-refractivity contribution in [2.24, 2.45) is 10.7 Å². The molecule has 22 heavy (non-hydrogen) atoms. The first-order valence-corrected chi connectivity index (χ1v) is 7.44. The third-order valence-electron chi connectivity index (χ3n) is 3.84. The number of halogens is 1. The molecular formula is C17H22ClN3O. The van der Waals surface area contributed by atoms with E-state index in [4.69, 9.17) is 15.5 Å². The van der Waals surface area contributed by atoms with Gasteiger partial charge in [0, 0.05) is 19.1 Å². The van der Waals surface area contributed by atoms with Crippen molar-refractivity contribution >= 4 is 23.8 Å². The van der Waals surface area contributed by atoms with Crippen molar-refractivity contribution in [3.05, 3.63) is 47.4 Å². The Morgan fingerprint density at radius 2 is 1.95 bits per heavy atom. The van der Waals surface area contributed by atoms with E-state index < -0.39 is 0 Å². The second kappa shape index (κ2) is 6.55. The van der Waals surface area contributed by atoms with Crippen LogP contribution in [0, 0.1) is 6.92 Å². The average Bonchev–Trinajstić information content (AvgIpc) is 2.46. The van der Waals surface area contributed by atoms with Crippen molar-refractivity contribution in [3.63, 3.8) is 0 Å². The largest absolute Gasteiger partial charge is 0.453 e. The average molecular weight is 320 g/mol. The summed E-state index contributed by atoms with van der Waals surface area (Å²) in [4.78, 5) is 7.08. The summed E-state index contributed by atoms with van der Waals surface area (Å²) in [7, 11) is 0. The molecule has 0 radical (unpaired) electrons. The highest BCUT2D eigenvalue weighted by atomic mass is 35.5. The second-order valence-corrected chi connectivity index (χ2v) is 5.37. The summed E-state index contributed by atoms with van der Waals surface area (Å²) < 4.78 is 6.01. The fourth-order valence-corrected chi connectivity index (χ4v) is 2.74. The topological polar surface area (TPSA) is 50.8 Å².